The van der Waals surface area contributed by atoms with Crippen molar-refractivity contribution in [3.8, 4) is 0 Å². The normalized spacial score (nSPS) is 29.4. The maximum atomic E-state index is 6.19. The zero-order valence-electron chi connectivity index (χ0n) is 17.2. The smallest absolute Gasteiger partial charge is 0.113 e. The van der Waals surface area contributed by atoms with Crippen molar-refractivity contribution in [2.75, 3.05) is 13.2 Å². The summed E-state index contributed by atoms with van der Waals surface area (Å²) in [4.78, 5) is 2.59. The van der Waals surface area contributed by atoms with Gasteiger partial charge in [-0.15, -0.1) is 0 Å². The lowest BCUT2D eigenvalue weighted by Gasteiger charge is -2.31. The van der Waals surface area contributed by atoms with E-state index in [-0.39, 0.29) is 5.54 Å². The summed E-state index contributed by atoms with van der Waals surface area (Å²) in [5.74, 6) is 0. The van der Waals surface area contributed by atoms with Crippen LogP contribution in [-0.4, -0.2) is 36.1 Å². The molecule has 3 nitrogen and oxygen atoms in total. The molecule has 0 amide bonds. The maximum Gasteiger partial charge on any atom is 0.113 e. The third-order valence-corrected chi connectivity index (χ3v) is 6.03. The Bertz CT molecular complexity index is 319. The number of hydrogen-bond donors (Lipinski definition) is 0. The molecule has 2 aliphatic heterocycles. The van der Waals surface area contributed by atoms with Crippen LogP contribution in [0.1, 0.15) is 111 Å². The molecule has 2 rings (SSSR count). The van der Waals surface area contributed by atoms with Crippen molar-refractivity contribution in [2.45, 2.75) is 129 Å². The van der Waals surface area contributed by atoms with Gasteiger partial charge < -0.3 is 9.47 Å². The molecule has 2 fully saturated rings. The van der Waals surface area contributed by atoms with Crippen molar-refractivity contribution in [3.63, 3.8) is 0 Å². The van der Waals surface area contributed by atoms with Gasteiger partial charge in [-0.05, 0) is 32.6 Å². The summed E-state index contributed by atoms with van der Waals surface area (Å²) < 4.78 is 12.4. The Kier molecular flexibility index (Phi) is 9.80. The summed E-state index contributed by atoms with van der Waals surface area (Å²) in [6.45, 7) is 8.59. The molecule has 0 aromatic carbocycles. The van der Waals surface area contributed by atoms with E-state index in [0.29, 0.717) is 12.5 Å². The molecule has 0 radical (unpaired) electrons. The van der Waals surface area contributed by atoms with Gasteiger partial charge in [0, 0.05) is 0 Å². The third-order valence-electron chi connectivity index (χ3n) is 6.03. The maximum absolute atomic E-state index is 6.19. The van der Waals surface area contributed by atoms with Crippen LogP contribution in [-0.2, 0) is 9.47 Å². The van der Waals surface area contributed by atoms with Gasteiger partial charge in [0.25, 0.3) is 0 Å². The number of hydrogen-bond acceptors (Lipinski definition) is 3. The molecule has 0 bridgehead atoms. The van der Waals surface area contributed by atoms with Crippen LogP contribution in [0.15, 0.2) is 0 Å². The van der Waals surface area contributed by atoms with Crippen molar-refractivity contribution in [3.05, 3.63) is 0 Å². The van der Waals surface area contributed by atoms with E-state index in [1.165, 1.54) is 89.9 Å². The largest absolute Gasteiger partial charge is 0.361 e. The lowest BCUT2D eigenvalue weighted by Crippen LogP contribution is -2.46. The third kappa shape index (κ3) is 6.52. The zero-order chi connectivity index (χ0) is 18.0. The van der Waals surface area contributed by atoms with Crippen molar-refractivity contribution in [1.29, 1.82) is 0 Å². The van der Waals surface area contributed by atoms with Gasteiger partial charge in [0.05, 0.1) is 18.8 Å². The lowest BCUT2D eigenvalue weighted by atomic mass is 10.0. The number of unbranched alkanes of at least 4 members (excludes halogenated alkanes) is 10. The van der Waals surface area contributed by atoms with Gasteiger partial charge in [-0.2, -0.15) is 0 Å². The quantitative estimate of drug-likeness (QED) is 0.344. The predicted molar refractivity (Wildman–Crippen MR) is 106 cm³/mol. The molecular weight excluding hydrogens is 310 g/mol. The lowest BCUT2D eigenvalue weighted by molar-refractivity contribution is -0.0653. The van der Waals surface area contributed by atoms with Gasteiger partial charge in [-0.1, -0.05) is 78.1 Å². The molecule has 0 aliphatic carbocycles. The first-order valence-corrected chi connectivity index (χ1v) is 11.2. The minimum Gasteiger partial charge on any atom is -0.361 e. The minimum absolute atomic E-state index is 0.125. The van der Waals surface area contributed by atoms with E-state index >= 15 is 0 Å². The molecule has 0 N–H and O–H groups in total. The summed E-state index contributed by atoms with van der Waals surface area (Å²) in [6.07, 6.45) is 19.2. The molecular formula is C22H43NO2. The molecule has 2 saturated heterocycles. The van der Waals surface area contributed by atoms with E-state index in [2.05, 4.69) is 25.7 Å². The summed E-state index contributed by atoms with van der Waals surface area (Å²) >= 11 is 0. The second-order valence-corrected chi connectivity index (χ2v) is 8.55. The predicted octanol–water partition coefficient (Wildman–Crippen LogP) is 6.26. The average Bonchev–Trinajstić information content (AvgIpc) is 3.10. The van der Waals surface area contributed by atoms with Gasteiger partial charge >= 0.3 is 0 Å². The van der Waals surface area contributed by atoms with Gasteiger partial charge in [0.2, 0.25) is 0 Å². The Hall–Kier alpha value is -0.120. The molecule has 2 atom stereocenters. The fourth-order valence-corrected chi connectivity index (χ4v) is 4.43. The fraction of sp³-hybridized carbons (Fsp3) is 1.00. The van der Waals surface area contributed by atoms with E-state index in [1.54, 1.807) is 0 Å². The SMILES string of the molecule is CCCCCCCCC1OCC2(C)COC(CCCCCCCC)N12. The molecule has 25 heavy (non-hydrogen) atoms. The van der Waals surface area contributed by atoms with Gasteiger partial charge in [0.15, 0.2) is 0 Å². The molecule has 2 unspecified atom stereocenters. The second-order valence-electron chi connectivity index (χ2n) is 8.55. The number of ether oxygens (including phenoxy) is 2. The van der Waals surface area contributed by atoms with E-state index in [1.807, 2.05) is 0 Å². The fourth-order valence-electron chi connectivity index (χ4n) is 4.43. The summed E-state index contributed by atoms with van der Waals surface area (Å²) in [5, 5.41) is 0. The Labute approximate surface area is 156 Å². The van der Waals surface area contributed by atoms with Crippen LogP contribution >= 0.6 is 0 Å². The Morgan fingerprint density at radius 1 is 0.680 bits per heavy atom. The summed E-state index contributed by atoms with van der Waals surface area (Å²) in [6, 6.07) is 0. The van der Waals surface area contributed by atoms with Crippen LogP contribution in [0.25, 0.3) is 0 Å². The van der Waals surface area contributed by atoms with Crippen molar-refractivity contribution in [1.82, 2.24) is 4.90 Å². The molecule has 0 aromatic heterocycles. The topological polar surface area (TPSA) is 21.7 Å². The first-order valence-electron chi connectivity index (χ1n) is 11.2. The highest BCUT2D eigenvalue weighted by molar-refractivity contribution is 4.98. The highest BCUT2D eigenvalue weighted by atomic mass is 16.6. The monoisotopic (exact) mass is 353 g/mol. The van der Waals surface area contributed by atoms with Gasteiger partial charge in [0.1, 0.15) is 12.5 Å². The molecule has 2 aliphatic rings. The van der Waals surface area contributed by atoms with E-state index in [0.717, 1.165) is 13.2 Å². The minimum atomic E-state index is 0.125. The van der Waals surface area contributed by atoms with Crippen LogP contribution in [0.3, 0.4) is 0 Å². The summed E-state index contributed by atoms with van der Waals surface area (Å²) in [5.41, 5.74) is 0.125. The van der Waals surface area contributed by atoms with E-state index < -0.39 is 0 Å². The number of rotatable bonds is 14. The van der Waals surface area contributed by atoms with E-state index in [4.69, 9.17) is 9.47 Å². The molecule has 3 heteroatoms. The first-order chi connectivity index (χ1) is 12.2. The van der Waals surface area contributed by atoms with Gasteiger partial charge in [-0.3, -0.25) is 0 Å². The average molecular weight is 354 g/mol. The molecule has 0 saturated carbocycles. The number of fused-ring (bicyclic) bond motifs is 1. The Morgan fingerprint density at radius 2 is 1.08 bits per heavy atom. The van der Waals surface area contributed by atoms with Crippen molar-refractivity contribution >= 4 is 0 Å². The Morgan fingerprint density at radius 3 is 1.52 bits per heavy atom. The first kappa shape index (κ1) is 21.2. The Balaban J connectivity index is 1.67. The molecule has 0 spiro atoms. The van der Waals surface area contributed by atoms with Crippen LogP contribution in [0.2, 0.25) is 0 Å². The zero-order valence-corrected chi connectivity index (χ0v) is 17.2. The molecule has 148 valence electrons. The number of nitrogens with zero attached hydrogens (tertiary/aromatic N) is 1. The van der Waals surface area contributed by atoms with Crippen molar-refractivity contribution < 1.29 is 9.47 Å². The molecule has 0 aromatic rings. The van der Waals surface area contributed by atoms with Crippen LogP contribution in [0.5, 0.6) is 0 Å². The van der Waals surface area contributed by atoms with Crippen LogP contribution in [0, 0.1) is 0 Å². The van der Waals surface area contributed by atoms with Crippen LogP contribution in [0.4, 0.5) is 0 Å². The highest BCUT2D eigenvalue weighted by Gasteiger charge is 2.52. The second kappa shape index (κ2) is 11.6. The standard InChI is InChI=1S/C22H43NO2/c1-4-6-8-10-12-14-16-20-23-21(17-15-13-11-9-7-5-2)25-19-22(23,3)18-24-20/h20-21H,4-19H2,1-3H3. The van der Waals surface area contributed by atoms with Crippen molar-refractivity contribution in [2.24, 2.45) is 0 Å². The van der Waals surface area contributed by atoms with Crippen LogP contribution < -0.4 is 0 Å². The van der Waals surface area contributed by atoms with E-state index in [9.17, 15) is 0 Å². The highest BCUT2D eigenvalue weighted by Crippen LogP contribution is 2.39. The summed E-state index contributed by atoms with van der Waals surface area (Å²) in [7, 11) is 0. The van der Waals surface area contributed by atoms with Gasteiger partial charge in [-0.25, -0.2) is 4.90 Å². The molecule has 2 heterocycles.